The van der Waals surface area contributed by atoms with Crippen molar-refractivity contribution < 1.29 is 4.79 Å². The Bertz CT molecular complexity index is 983. The van der Waals surface area contributed by atoms with Crippen LogP contribution in [0.3, 0.4) is 0 Å². The Morgan fingerprint density at radius 3 is 2.93 bits per heavy atom. The smallest absolute Gasteiger partial charge is 0.272 e. The van der Waals surface area contributed by atoms with Crippen molar-refractivity contribution in [2.75, 3.05) is 11.4 Å². The lowest BCUT2D eigenvalue weighted by Gasteiger charge is -2.30. The van der Waals surface area contributed by atoms with Gasteiger partial charge in [-0.05, 0) is 31.5 Å². The normalized spacial score (nSPS) is 13.3. The molecule has 0 unspecified atom stereocenters. The maximum atomic E-state index is 12.5. The van der Waals surface area contributed by atoms with Gasteiger partial charge in [-0.25, -0.2) is 9.97 Å². The zero-order valence-corrected chi connectivity index (χ0v) is 16.1. The molecule has 8 nitrogen and oxygen atoms in total. The topological polar surface area (TPSA) is 88.8 Å². The molecule has 0 saturated heterocycles. The van der Waals surface area contributed by atoms with Crippen LogP contribution < -0.4 is 10.2 Å². The van der Waals surface area contributed by atoms with Crippen LogP contribution in [0.4, 0.5) is 5.82 Å². The molecular weight excluding hydrogens is 354 g/mol. The van der Waals surface area contributed by atoms with Crippen LogP contribution in [0.5, 0.6) is 0 Å². The lowest BCUT2D eigenvalue weighted by Crippen LogP contribution is -2.35. The molecule has 28 heavy (non-hydrogen) atoms. The molecule has 8 heteroatoms. The van der Waals surface area contributed by atoms with Crippen molar-refractivity contribution in [3.05, 3.63) is 65.1 Å². The van der Waals surface area contributed by atoms with Crippen LogP contribution in [0, 0.1) is 6.92 Å². The summed E-state index contributed by atoms with van der Waals surface area (Å²) in [6.07, 6.45) is 4.50. The van der Waals surface area contributed by atoms with Crippen LogP contribution in [-0.2, 0) is 26.1 Å². The van der Waals surface area contributed by atoms with E-state index < -0.39 is 0 Å². The summed E-state index contributed by atoms with van der Waals surface area (Å²) in [4.78, 5) is 27.9. The number of aromatic nitrogens is 5. The third kappa shape index (κ3) is 3.71. The molecule has 1 aliphatic rings. The molecule has 4 heterocycles. The molecule has 3 aromatic rings. The van der Waals surface area contributed by atoms with Crippen molar-refractivity contribution in [3.63, 3.8) is 0 Å². The highest BCUT2D eigenvalue weighted by molar-refractivity contribution is 5.92. The van der Waals surface area contributed by atoms with Gasteiger partial charge in [-0.2, -0.15) is 5.10 Å². The van der Waals surface area contributed by atoms with Crippen molar-refractivity contribution in [3.8, 4) is 0 Å². The molecule has 4 rings (SSSR count). The Kier molecular flexibility index (Phi) is 5.01. The number of nitrogens with one attached hydrogen (secondary N) is 1. The first-order valence-corrected chi connectivity index (χ1v) is 9.46. The zero-order chi connectivity index (χ0) is 19.5. The summed E-state index contributed by atoms with van der Waals surface area (Å²) < 4.78 is 1.91. The summed E-state index contributed by atoms with van der Waals surface area (Å²) in [5.74, 6) is 1.55. The van der Waals surface area contributed by atoms with E-state index in [4.69, 9.17) is 0 Å². The molecule has 0 spiro atoms. The average molecular weight is 377 g/mol. The molecular formula is C20H23N7O. The first kappa shape index (κ1) is 18.1. The third-order valence-corrected chi connectivity index (χ3v) is 4.83. The van der Waals surface area contributed by atoms with Crippen LogP contribution in [0.2, 0.25) is 0 Å². The minimum Gasteiger partial charge on any atom is -0.349 e. The van der Waals surface area contributed by atoms with E-state index in [2.05, 4.69) is 37.2 Å². The molecule has 1 amide bonds. The second-order valence-corrected chi connectivity index (χ2v) is 6.79. The van der Waals surface area contributed by atoms with Crippen molar-refractivity contribution in [1.29, 1.82) is 0 Å². The molecule has 1 N–H and O–H groups in total. The van der Waals surface area contributed by atoms with Crippen molar-refractivity contribution >= 4 is 11.7 Å². The maximum Gasteiger partial charge on any atom is 0.272 e. The zero-order valence-electron chi connectivity index (χ0n) is 16.1. The molecule has 3 aromatic heterocycles. The highest BCUT2D eigenvalue weighted by atomic mass is 16.1. The number of aryl methyl sites for hydroxylation is 2. The summed E-state index contributed by atoms with van der Waals surface area (Å²) in [6.45, 7) is 6.58. The standard InChI is InChI=1S/C20H23N7O/c1-3-15-11-22-14(2)24-19(15)26-8-9-27-17(13-26)10-18(25-27)20(28)23-12-16-6-4-5-7-21-16/h4-7,10-11H,3,8-9,12-13H2,1-2H3,(H,23,28). The number of fused-ring (bicyclic) bond motifs is 1. The van der Waals surface area contributed by atoms with E-state index in [0.717, 1.165) is 48.1 Å². The highest BCUT2D eigenvalue weighted by Gasteiger charge is 2.23. The number of nitrogens with zero attached hydrogens (tertiary/aromatic N) is 6. The number of pyridine rings is 1. The number of hydrogen-bond acceptors (Lipinski definition) is 6. The minimum atomic E-state index is -0.189. The lowest BCUT2D eigenvalue weighted by molar-refractivity contribution is 0.0944. The molecule has 0 saturated carbocycles. The Labute approximate surface area is 163 Å². The minimum absolute atomic E-state index is 0.189. The van der Waals surface area contributed by atoms with Crippen LogP contribution in [0.25, 0.3) is 0 Å². The van der Waals surface area contributed by atoms with E-state index in [1.165, 1.54) is 0 Å². The second-order valence-electron chi connectivity index (χ2n) is 6.79. The van der Waals surface area contributed by atoms with Gasteiger partial charge < -0.3 is 10.2 Å². The van der Waals surface area contributed by atoms with E-state index in [1.54, 1.807) is 6.20 Å². The van der Waals surface area contributed by atoms with Gasteiger partial charge in [0.2, 0.25) is 0 Å². The van der Waals surface area contributed by atoms with Crippen molar-refractivity contribution in [2.45, 2.75) is 39.9 Å². The fourth-order valence-electron chi connectivity index (χ4n) is 3.33. The fraction of sp³-hybridized carbons (Fsp3) is 0.350. The van der Waals surface area contributed by atoms with Gasteiger partial charge in [0, 0.05) is 24.5 Å². The Morgan fingerprint density at radius 1 is 1.25 bits per heavy atom. The van der Waals surface area contributed by atoms with Gasteiger partial charge in [0.25, 0.3) is 5.91 Å². The molecule has 0 fully saturated rings. The molecule has 1 aliphatic heterocycles. The number of carbonyl (C=O) groups is 1. The van der Waals surface area contributed by atoms with Gasteiger partial charge in [0.05, 0.1) is 31.0 Å². The average Bonchev–Trinajstić information content (AvgIpc) is 3.16. The van der Waals surface area contributed by atoms with E-state index in [1.807, 2.05) is 42.1 Å². The van der Waals surface area contributed by atoms with Crippen LogP contribution in [0.15, 0.2) is 36.7 Å². The quantitative estimate of drug-likeness (QED) is 0.730. The molecule has 144 valence electrons. The van der Waals surface area contributed by atoms with Gasteiger partial charge in [0.15, 0.2) is 5.69 Å². The Balaban J connectivity index is 1.48. The first-order chi connectivity index (χ1) is 13.6. The number of hydrogen-bond donors (Lipinski definition) is 1. The first-order valence-electron chi connectivity index (χ1n) is 9.46. The summed E-state index contributed by atoms with van der Waals surface area (Å²) in [7, 11) is 0. The SMILES string of the molecule is CCc1cnc(C)nc1N1CCn2nc(C(=O)NCc3ccccn3)cc2C1. The number of carbonyl (C=O) groups excluding carboxylic acids is 1. The molecule has 0 aromatic carbocycles. The van der Waals surface area contributed by atoms with Crippen molar-refractivity contribution in [2.24, 2.45) is 0 Å². The van der Waals surface area contributed by atoms with Crippen LogP contribution in [0.1, 0.15) is 40.2 Å². The van der Waals surface area contributed by atoms with Crippen LogP contribution >= 0.6 is 0 Å². The Morgan fingerprint density at radius 2 is 2.14 bits per heavy atom. The van der Waals surface area contributed by atoms with E-state index >= 15 is 0 Å². The van der Waals surface area contributed by atoms with E-state index in [-0.39, 0.29) is 5.91 Å². The number of rotatable bonds is 5. The molecule has 0 bridgehead atoms. The third-order valence-electron chi connectivity index (χ3n) is 4.83. The molecule has 0 atom stereocenters. The van der Waals surface area contributed by atoms with Gasteiger partial charge in [-0.3, -0.25) is 14.5 Å². The predicted molar refractivity (Wildman–Crippen MR) is 105 cm³/mol. The largest absolute Gasteiger partial charge is 0.349 e. The summed E-state index contributed by atoms with van der Waals surface area (Å²) in [6, 6.07) is 7.49. The Hall–Kier alpha value is -3.29. The van der Waals surface area contributed by atoms with Gasteiger partial charge in [-0.1, -0.05) is 13.0 Å². The fourth-order valence-corrected chi connectivity index (χ4v) is 3.33. The monoisotopic (exact) mass is 377 g/mol. The van der Waals surface area contributed by atoms with E-state index in [0.29, 0.717) is 18.8 Å². The summed E-state index contributed by atoms with van der Waals surface area (Å²) >= 11 is 0. The lowest BCUT2D eigenvalue weighted by atomic mass is 10.2. The second kappa shape index (κ2) is 7.75. The maximum absolute atomic E-state index is 12.5. The van der Waals surface area contributed by atoms with E-state index in [9.17, 15) is 4.79 Å². The summed E-state index contributed by atoms with van der Waals surface area (Å²) in [5, 5.41) is 7.36. The summed E-state index contributed by atoms with van der Waals surface area (Å²) in [5.41, 5.74) is 3.39. The molecule has 0 aliphatic carbocycles. The van der Waals surface area contributed by atoms with Gasteiger partial charge in [0.1, 0.15) is 11.6 Å². The number of anilines is 1. The predicted octanol–water partition coefficient (Wildman–Crippen LogP) is 1.89. The number of amides is 1. The van der Waals surface area contributed by atoms with Crippen LogP contribution in [-0.4, -0.2) is 37.2 Å². The van der Waals surface area contributed by atoms with Gasteiger partial charge >= 0.3 is 0 Å². The van der Waals surface area contributed by atoms with Crippen molar-refractivity contribution in [1.82, 2.24) is 30.0 Å². The highest BCUT2D eigenvalue weighted by Crippen LogP contribution is 2.23. The molecule has 0 radical (unpaired) electrons. The van der Waals surface area contributed by atoms with Gasteiger partial charge in [-0.15, -0.1) is 0 Å².